The highest BCUT2D eigenvalue weighted by Crippen LogP contribution is 2.18. The van der Waals surface area contributed by atoms with Gasteiger partial charge in [-0.3, -0.25) is 9.36 Å². The molecule has 0 aromatic carbocycles. The smallest absolute Gasteiger partial charge is 0.291 e. The number of halogens is 3. The maximum Gasteiger partial charge on any atom is 0.408 e. The summed E-state index contributed by atoms with van der Waals surface area (Å²) in [4.78, 5) is 16.4. The van der Waals surface area contributed by atoms with Gasteiger partial charge in [0.1, 0.15) is 6.54 Å². The van der Waals surface area contributed by atoms with Crippen molar-refractivity contribution in [2.75, 3.05) is 0 Å². The van der Waals surface area contributed by atoms with Crippen molar-refractivity contribution in [3.63, 3.8) is 0 Å². The summed E-state index contributed by atoms with van der Waals surface area (Å²) in [7, 11) is 0. The van der Waals surface area contributed by atoms with Crippen LogP contribution in [0.15, 0.2) is 11.1 Å². The van der Waals surface area contributed by atoms with Crippen molar-refractivity contribution in [3.05, 3.63) is 33.8 Å². The Morgan fingerprint density at radius 2 is 2.10 bits per heavy atom. The Bertz CT molecular complexity index is 719. The first-order valence-corrected chi connectivity index (χ1v) is 6.33. The average molecular weight is 300 g/mol. The number of fused-ring (bicyclic) bond motifs is 1. The van der Waals surface area contributed by atoms with Gasteiger partial charge in [0.25, 0.3) is 5.56 Å². The Labute approximate surface area is 116 Å². The molecule has 2 heterocycles. The van der Waals surface area contributed by atoms with E-state index in [-0.39, 0.29) is 17.9 Å². The first-order valence-electron chi connectivity index (χ1n) is 6.33. The van der Waals surface area contributed by atoms with Crippen LogP contribution in [0.4, 0.5) is 13.2 Å². The van der Waals surface area contributed by atoms with Gasteiger partial charge in [-0.1, -0.05) is 0 Å². The molecule has 0 spiro atoms. The van der Waals surface area contributed by atoms with E-state index in [9.17, 15) is 18.0 Å². The Morgan fingerprint density at radius 1 is 1.29 bits per heavy atom. The van der Waals surface area contributed by atoms with Crippen molar-refractivity contribution in [2.24, 2.45) is 0 Å². The van der Waals surface area contributed by atoms with E-state index >= 15 is 0 Å². The molecule has 0 amide bonds. The van der Waals surface area contributed by atoms with Gasteiger partial charge in [-0.2, -0.15) is 13.2 Å². The van der Waals surface area contributed by atoms with E-state index in [1.807, 2.05) is 0 Å². The fraction of sp³-hybridized carbons (Fsp3) is 0.545. The molecule has 0 fully saturated rings. The van der Waals surface area contributed by atoms with Crippen molar-refractivity contribution in [1.29, 1.82) is 0 Å². The summed E-state index contributed by atoms with van der Waals surface area (Å²) in [5, 5.41) is 10.1. The van der Waals surface area contributed by atoms with Crippen LogP contribution in [-0.4, -0.2) is 35.9 Å². The summed E-state index contributed by atoms with van der Waals surface area (Å²) >= 11 is 0. The minimum atomic E-state index is -4.43. The Balaban J connectivity index is 1.89. The lowest BCUT2D eigenvalue weighted by molar-refractivity contribution is -0.143. The highest BCUT2D eigenvalue weighted by molar-refractivity contribution is 5.21. The van der Waals surface area contributed by atoms with E-state index in [1.165, 1.54) is 10.9 Å². The van der Waals surface area contributed by atoms with Crippen molar-refractivity contribution < 1.29 is 13.2 Å². The molecular formula is C11H11F3N6O. The Hall–Kier alpha value is -2.26. The number of hydrogen-bond donors (Lipinski definition) is 0. The molecular weight excluding hydrogens is 289 g/mol. The third-order valence-electron chi connectivity index (χ3n) is 3.31. The molecule has 1 aliphatic carbocycles. The number of tetrazole rings is 1. The molecule has 10 heteroatoms. The molecule has 1 aliphatic rings. The van der Waals surface area contributed by atoms with Crippen molar-refractivity contribution >= 4 is 0 Å². The quantitative estimate of drug-likeness (QED) is 0.816. The molecule has 0 radical (unpaired) electrons. The van der Waals surface area contributed by atoms with Gasteiger partial charge in [-0.25, -0.2) is 9.67 Å². The lowest BCUT2D eigenvalue weighted by Gasteiger charge is -2.09. The molecule has 21 heavy (non-hydrogen) atoms. The maximum atomic E-state index is 12.4. The minimum Gasteiger partial charge on any atom is -0.291 e. The van der Waals surface area contributed by atoms with Crippen LogP contribution in [0, 0.1) is 0 Å². The predicted octanol–water partition coefficient (Wildman–Crippen LogP) is 0.329. The van der Waals surface area contributed by atoms with E-state index in [1.54, 1.807) is 0 Å². The van der Waals surface area contributed by atoms with Gasteiger partial charge >= 0.3 is 6.18 Å². The van der Waals surface area contributed by atoms with Crippen LogP contribution in [0.3, 0.4) is 0 Å². The Kier molecular flexibility index (Phi) is 3.22. The van der Waals surface area contributed by atoms with Crippen molar-refractivity contribution in [2.45, 2.75) is 38.5 Å². The fourth-order valence-corrected chi connectivity index (χ4v) is 2.36. The van der Waals surface area contributed by atoms with Gasteiger partial charge in [0, 0.05) is 5.56 Å². The highest BCUT2D eigenvalue weighted by Gasteiger charge is 2.30. The van der Waals surface area contributed by atoms with E-state index in [4.69, 9.17) is 0 Å². The molecule has 0 saturated carbocycles. The van der Waals surface area contributed by atoms with Crippen molar-refractivity contribution in [3.8, 4) is 0 Å². The van der Waals surface area contributed by atoms with Crippen molar-refractivity contribution in [1.82, 2.24) is 29.8 Å². The molecule has 0 aliphatic heterocycles. The zero-order chi connectivity index (χ0) is 15.0. The van der Waals surface area contributed by atoms with Crippen LogP contribution in [0.1, 0.15) is 23.5 Å². The average Bonchev–Trinajstić information content (AvgIpc) is 3.01. The zero-order valence-electron chi connectivity index (χ0n) is 10.8. The normalized spacial score (nSPS) is 14.4. The van der Waals surface area contributed by atoms with Crippen LogP contribution in [0.2, 0.25) is 0 Å². The topological polar surface area (TPSA) is 78.5 Å². The molecule has 0 N–H and O–H groups in total. The highest BCUT2D eigenvalue weighted by atomic mass is 19.4. The van der Waals surface area contributed by atoms with E-state index in [0.29, 0.717) is 16.7 Å². The summed E-state index contributed by atoms with van der Waals surface area (Å²) in [5.74, 6) is -0.0332. The van der Waals surface area contributed by atoms with Gasteiger partial charge in [-0.05, 0) is 29.7 Å². The summed E-state index contributed by atoms with van der Waals surface area (Å²) in [6.45, 7) is -1.43. The standard InChI is InChI=1S/C11H11F3N6O/c12-11(13,14)5-20-9(16-17-18-20)4-19-6-15-8-3-1-2-7(8)10(19)21/h6H,1-5H2. The number of hydrogen-bond acceptors (Lipinski definition) is 5. The monoisotopic (exact) mass is 300 g/mol. The van der Waals surface area contributed by atoms with Crippen LogP contribution in [0.25, 0.3) is 0 Å². The summed E-state index contributed by atoms with van der Waals surface area (Å²) in [5.41, 5.74) is 1.16. The number of aryl methyl sites for hydroxylation is 1. The van der Waals surface area contributed by atoms with Gasteiger partial charge in [0.15, 0.2) is 5.82 Å². The molecule has 7 nitrogen and oxygen atoms in total. The molecule has 2 aromatic rings. The summed E-state index contributed by atoms with van der Waals surface area (Å²) in [6.07, 6.45) is -0.815. The van der Waals surface area contributed by atoms with E-state index in [0.717, 1.165) is 18.5 Å². The SMILES string of the molecule is O=c1c2c(ncn1Cc1nnnn1CC(F)(F)F)CCC2. The molecule has 112 valence electrons. The second-order valence-corrected chi connectivity index (χ2v) is 4.82. The summed E-state index contributed by atoms with van der Waals surface area (Å²) < 4.78 is 39.1. The third-order valence-corrected chi connectivity index (χ3v) is 3.31. The molecule has 3 rings (SSSR count). The lowest BCUT2D eigenvalue weighted by Crippen LogP contribution is -2.27. The predicted molar refractivity (Wildman–Crippen MR) is 63.5 cm³/mol. The van der Waals surface area contributed by atoms with Gasteiger partial charge in [0.05, 0.1) is 18.6 Å². The molecule has 0 unspecified atom stereocenters. The van der Waals surface area contributed by atoms with Crippen LogP contribution in [0.5, 0.6) is 0 Å². The number of nitrogens with zero attached hydrogens (tertiary/aromatic N) is 6. The van der Waals surface area contributed by atoms with E-state index in [2.05, 4.69) is 20.5 Å². The largest absolute Gasteiger partial charge is 0.408 e. The molecule has 0 saturated heterocycles. The lowest BCUT2D eigenvalue weighted by atomic mass is 10.2. The number of rotatable bonds is 3. The van der Waals surface area contributed by atoms with Gasteiger partial charge < -0.3 is 0 Å². The van der Waals surface area contributed by atoms with E-state index < -0.39 is 12.7 Å². The van der Waals surface area contributed by atoms with Crippen LogP contribution < -0.4 is 5.56 Å². The first-order chi connectivity index (χ1) is 9.94. The number of aromatic nitrogens is 6. The third kappa shape index (κ3) is 2.78. The summed E-state index contributed by atoms with van der Waals surface area (Å²) in [6, 6.07) is 0. The maximum absolute atomic E-state index is 12.4. The molecule has 0 atom stereocenters. The second kappa shape index (κ2) is 4.93. The molecule has 2 aromatic heterocycles. The molecule has 0 bridgehead atoms. The second-order valence-electron chi connectivity index (χ2n) is 4.82. The number of alkyl halides is 3. The Morgan fingerprint density at radius 3 is 2.86 bits per heavy atom. The van der Waals surface area contributed by atoms with Crippen LogP contribution >= 0.6 is 0 Å². The minimum absolute atomic E-state index is 0.0332. The van der Waals surface area contributed by atoms with Crippen LogP contribution in [-0.2, 0) is 25.9 Å². The zero-order valence-corrected chi connectivity index (χ0v) is 10.8. The van der Waals surface area contributed by atoms with Gasteiger partial charge in [0.2, 0.25) is 0 Å². The first kappa shape index (κ1) is 13.7. The van der Waals surface area contributed by atoms with Gasteiger partial charge in [-0.15, -0.1) is 5.10 Å². The fourth-order valence-electron chi connectivity index (χ4n) is 2.36.